The van der Waals surface area contributed by atoms with Crippen LogP contribution in [0.5, 0.6) is 0 Å². The van der Waals surface area contributed by atoms with Gasteiger partial charge in [-0.05, 0) is 134 Å². The van der Waals surface area contributed by atoms with E-state index in [1.807, 2.05) is 0 Å². The third kappa shape index (κ3) is 5.44. The van der Waals surface area contributed by atoms with E-state index in [0.29, 0.717) is 11.8 Å². The zero-order valence-corrected chi connectivity index (χ0v) is 29.7. The lowest BCUT2D eigenvalue weighted by Crippen LogP contribution is -2.64. The molecule has 0 unspecified atom stereocenters. The van der Waals surface area contributed by atoms with Crippen LogP contribution in [0.3, 0.4) is 0 Å². The highest BCUT2D eigenvalue weighted by Crippen LogP contribution is 2.74. The molecule has 5 nitrogen and oxygen atoms in total. The van der Waals surface area contributed by atoms with E-state index in [9.17, 15) is 4.79 Å². The summed E-state index contributed by atoms with van der Waals surface area (Å²) >= 11 is 0. The molecule has 38 heavy (non-hydrogen) atoms. The lowest BCUT2D eigenvalue weighted by Gasteiger charge is -2.66. The molecule has 4 aliphatic rings. The Labute approximate surface area is 236 Å². The van der Waals surface area contributed by atoms with Crippen LogP contribution in [0.25, 0.3) is 0 Å². The van der Waals surface area contributed by atoms with Crippen LogP contribution in [0.1, 0.15) is 65.2 Å². The van der Waals surface area contributed by atoms with E-state index in [0.717, 1.165) is 32.3 Å². The number of fused-ring (bicyclic) bond motifs is 3. The Bertz CT molecular complexity index is 907. The van der Waals surface area contributed by atoms with Gasteiger partial charge in [0.1, 0.15) is 0 Å². The third-order valence-corrected chi connectivity index (χ3v) is 13.8. The van der Waals surface area contributed by atoms with Crippen LogP contribution >= 0.6 is 0 Å². The van der Waals surface area contributed by atoms with Crippen molar-refractivity contribution in [1.29, 1.82) is 0 Å². The van der Waals surface area contributed by atoms with Crippen molar-refractivity contribution < 1.29 is 22.8 Å². The van der Waals surface area contributed by atoms with Gasteiger partial charge < -0.3 is 18.0 Å². The minimum Gasteiger partial charge on any atom is -0.469 e. The highest BCUT2D eigenvalue weighted by Gasteiger charge is 2.72. The molecular weight excluding hydrogens is 525 g/mol. The molecule has 220 valence electrons. The van der Waals surface area contributed by atoms with Crippen molar-refractivity contribution in [3.8, 4) is 0 Å². The molecule has 0 aromatic heterocycles. The first-order chi connectivity index (χ1) is 17.2. The summed E-state index contributed by atoms with van der Waals surface area (Å²) in [5.41, 5.74) is -0.456. The SMILES string of the molecule is COC(=O)[C@@]1(C)CCC[C@]2(C)[C@H]3CC[C@@H]4C[C@@]3(C[C@]4(CO[Si](C)(C)C)O[Si](C)(C)C)[C@H](O[Si](C)(C)C)C[C@H]21. The second kappa shape index (κ2) is 9.79. The van der Waals surface area contributed by atoms with Gasteiger partial charge in [0.2, 0.25) is 0 Å². The van der Waals surface area contributed by atoms with Gasteiger partial charge >= 0.3 is 5.97 Å². The molecule has 0 aromatic carbocycles. The summed E-state index contributed by atoms with van der Waals surface area (Å²) < 4.78 is 26.8. The number of carbonyl (C=O) groups excluding carboxylic acids is 1. The second-order valence-corrected chi connectivity index (χ2v) is 30.3. The molecule has 8 atom stereocenters. The predicted octanol–water partition coefficient (Wildman–Crippen LogP) is 7.84. The molecule has 4 fully saturated rings. The monoisotopic (exact) mass is 582 g/mol. The summed E-state index contributed by atoms with van der Waals surface area (Å²) in [4.78, 5) is 13.4. The van der Waals surface area contributed by atoms with Gasteiger partial charge in [0.15, 0.2) is 25.0 Å². The van der Waals surface area contributed by atoms with Crippen LogP contribution < -0.4 is 0 Å². The Morgan fingerprint density at radius 1 is 0.868 bits per heavy atom. The molecule has 0 radical (unpaired) electrons. The van der Waals surface area contributed by atoms with E-state index >= 15 is 0 Å². The molecule has 0 saturated heterocycles. The molecule has 0 aliphatic heterocycles. The summed E-state index contributed by atoms with van der Waals surface area (Å²) in [5, 5.41) is 0. The maximum Gasteiger partial charge on any atom is 0.311 e. The fourth-order valence-corrected chi connectivity index (χ4v) is 13.2. The fourth-order valence-electron chi connectivity index (χ4n) is 9.80. The smallest absolute Gasteiger partial charge is 0.311 e. The van der Waals surface area contributed by atoms with Crippen molar-refractivity contribution in [3.63, 3.8) is 0 Å². The van der Waals surface area contributed by atoms with Gasteiger partial charge in [0, 0.05) is 5.41 Å². The van der Waals surface area contributed by atoms with Crippen LogP contribution in [0.15, 0.2) is 0 Å². The summed E-state index contributed by atoms with van der Waals surface area (Å²) in [6.07, 6.45) is 9.01. The Kier molecular flexibility index (Phi) is 7.97. The number of carbonyl (C=O) groups is 1. The molecule has 0 heterocycles. The van der Waals surface area contributed by atoms with Crippen molar-refractivity contribution in [1.82, 2.24) is 0 Å². The molecule has 4 saturated carbocycles. The van der Waals surface area contributed by atoms with Crippen LogP contribution in [0.4, 0.5) is 0 Å². The van der Waals surface area contributed by atoms with E-state index in [1.54, 1.807) is 7.11 Å². The van der Waals surface area contributed by atoms with Crippen molar-refractivity contribution in [2.75, 3.05) is 13.7 Å². The lowest BCUT2D eigenvalue weighted by molar-refractivity contribution is -0.207. The number of esters is 1. The topological polar surface area (TPSA) is 54.0 Å². The van der Waals surface area contributed by atoms with Gasteiger partial charge in [-0.25, -0.2) is 0 Å². The number of hydrogen-bond acceptors (Lipinski definition) is 5. The van der Waals surface area contributed by atoms with Gasteiger partial charge in [-0.2, -0.15) is 0 Å². The second-order valence-electron chi connectivity index (χ2n) is 16.9. The highest BCUT2D eigenvalue weighted by atomic mass is 28.4. The number of rotatable bonds is 8. The third-order valence-electron chi connectivity index (χ3n) is 10.8. The van der Waals surface area contributed by atoms with Crippen LogP contribution in [0.2, 0.25) is 58.9 Å². The first kappa shape index (κ1) is 30.9. The Balaban J connectivity index is 1.83. The molecule has 4 rings (SSSR count). The van der Waals surface area contributed by atoms with Gasteiger partial charge in [0.05, 0.1) is 30.8 Å². The largest absolute Gasteiger partial charge is 0.469 e. The standard InChI is InChI=1S/C30H58O5Si3/c1-27-16-13-17-28(2,26(31)32-3)24(27)18-25(34-37(7,8)9)29-19-22(14-15-23(27)29)30(20-29,35-38(10,11)12)21-33-36(4,5)6/h22-25H,13-21H2,1-12H3/t22-,23-,24-,25-,27-,28+,29+,30-/m1/s1. The van der Waals surface area contributed by atoms with Crippen molar-refractivity contribution in [3.05, 3.63) is 0 Å². The van der Waals surface area contributed by atoms with Crippen molar-refractivity contribution in [2.24, 2.45) is 34.0 Å². The molecule has 8 heteroatoms. The Morgan fingerprint density at radius 2 is 1.53 bits per heavy atom. The van der Waals surface area contributed by atoms with E-state index in [-0.39, 0.29) is 34.4 Å². The van der Waals surface area contributed by atoms with Crippen LogP contribution in [0, 0.1) is 34.0 Å². The minimum absolute atomic E-state index is 0.0174. The zero-order valence-electron chi connectivity index (χ0n) is 26.7. The summed E-state index contributed by atoms with van der Waals surface area (Å²) in [7, 11) is -3.82. The number of methoxy groups -OCH3 is 1. The average Bonchev–Trinajstić information content (AvgIpc) is 2.98. The van der Waals surface area contributed by atoms with Crippen LogP contribution in [-0.4, -0.2) is 56.3 Å². The summed E-state index contributed by atoms with van der Waals surface area (Å²) in [5.74, 6) is 1.33. The summed E-state index contributed by atoms with van der Waals surface area (Å²) in [6.45, 7) is 26.4. The quantitative estimate of drug-likeness (QED) is 0.215. The first-order valence-electron chi connectivity index (χ1n) is 15.3. The van der Waals surface area contributed by atoms with Gasteiger partial charge in [-0.3, -0.25) is 4.79 Å². The Hall–Kier alpha value is 0.000649. The minimum atomic E-state index is -1.84. The van der Waals surface area contributed by atoms with E-state index < -0.39 is 30.4 Å². The van der Waals surface area contributed by atoms with Gasteiger partial charge in [0.25, 0.3) is 0 Å². The molecule has 2 bridgehead atoms. The molecule has 0 N–H and O–H groups in total. The highest BCUT2D eigenvalue weighted by molar-refractivity contribution is 6.70. The van der Waals surface area contributed by atoms with E-state index in [1.165, 1.54) is 25.7 Å². The van der Waals surface area contributed by atoms with Gasteiger partial charge in [-0.15, -0.1) is 0 Å². The maximum atomic E-state index is 13.4. The zero-order chi connectivity index (χ0) is 28.6. The normalized spacial score (nSPS) is 43.4. The lowest BCUT2D eigenvalue weighted by atomic mass is 9.40. The van der Waals surface area contributed by atoms with E-state index in [2.05, 4.69) is 72.8 Å². The molecule has 0 amide bonds. The average molecular weight is 583 g/mol. The van der Waals surface area contributed by atoms with Crippen molar-refractivity contribution in [2.45, 2.75) is 136 Å². The number of ether oxygens (including phenoxy) is 1. The maximum absolute atomic E-state index is 13.4. The number of hydrogen-bond donors (Lipinski definition) is 0. The predicted molar refractivity (Wildman–Crippen MR) is 163 cm³/mol. The summed E-state index contributed by atoms with van der Waals surface area (Å²) in [6, 6.07) is 0. The van der Waals surface area contributed by atoms with Crippen molar-refractivity contribution >= 4 is 30.9 Å². The molecular formula is C30H58O5Si3. The molecule has 0 aromatic rings. The first-order valence-corrected chi connectivity index (χ1v) is 25.5. The molecule has 1 spiro atoms. The van der Waals surface area contributed by atoms with E-state index in [4.69, 9.17) is 18.0 Å². The molecule has 4 aliphatic carbocycles. The van der Waals surface area contributed by atoms with Crippen LogP contribution in [-0.2, 0) is 22.8 Å². The fraction of sp³-hybridized carbons (Fsp3) is 0.967. The van der Waals surface area contributed by atoms with Gasteiger partial charge in [-0.1, -0.05) is 13.3 Å². The Morgan fingerprint density at radius 3 is 2.08 bits per heavy atom.